The van der Waals surface area contributed by atoms with Crippen molar-refractivity contribution in [2.24, 2.45) is 0 Å². The Labute approximate surface area is 118 Å². The van der Waals surface area contributed by atoms with Crippen LogP contribution < -0.4 is 15.8 Å². The predicted octanol–water partition coefficient (Wildman–Crippen LogP) is 2.52. The highest BCUT2D eigenvalue weighted by Gasteiger charge is 2.12. The van der Waals surface area contributed by atoms with Crippen molar-refractivity contribution in [1.29, 1.82) is 0 Å². The normalized spacial score (nSPS) is 10.1. The van der Waals surface area contributed by atoms with Crippen molar-refractivity contribution >= 4 is 11.6 Å². The van der Waals surface area contributed by atoms with E-state index in [0.717, 1.165) is 5.56 Å². The lowest BCUT2D eigenvalue weighted by molar-refractivity contribution is 0.0948. The monoisotopic (exact) mass is 270 g/mol. The van der Waals surface area contributed by atoms with Gasteiger partial charge in [0.05, 0.1) is 12.7 Å². The molecule has 104 valence electrons. The molecular formula is C16H18N2O2. The smallest absolute Gasteiger partial charge is 0.255 e. The first kappa shape index (κ1) is 13.9. The highest BCUT2D eigenvalue weighted by atomic mass is 16.5. The van der Waals surface area contributed by atoms with Gasteiger partial charge in [0.1, 0.15) is 5.75 Å². The number of carbonyl (C=O) groups is 1. The van der Waals surface area contributed by atoms with Crippen molar-refractivity contribution in [2.75, 3.05) is 12.8 Å². The van der Waals surface area contributed by atoms with Crippen molar-refractivity contribution in [1.82, 2.24) is 5.32 Å². The molecule has 1 amide bonds. The van der Waals surface area contributed by atoms with Crippen molar-refractivity contribution in [3.8, 4) is 5.75 Å². The maximum absolute atomic E-state index is 12.2. The second-order valence-electron chi connectivity index (χ2n) is 4.63. The fourth-order valence-electron chi connectivity index (χ4n) is 2.00. The second kappa shape index (κ2) is 6.10. The number of amides is 1. The quantitative estimate of drug-likeness (QED) is 0.839. The number of benzene rings is 2. The number of nitrogens with one attached hydrogen (secondary N) is 1. The lowest BCUT2D eigenvalue weighted by atomic mass is 10.1. The van der Waals surface area contributed by atoms with Gasteiger partial charge in [0.25, 0.3) is 5.91 Å². The van der Waals surface area contributed by atoms with E-state index >= 15 is 0 Å². The summed E-state index contributed by atoms with van der Waals surface area (Å²) in [6, 6.07) is 13.0. The van der Waals surface area contributed by atoms with Gasteiger partial charge in [-0.2, -0.15) is 0 Å². The molecular weight excluding hydrogens is 252 g/mol. The van der Waals surface area contributed by atoms with E-state index in [9.17, 15) is 4.79 Å². The van der Waals surface area contributed by atoms with Crippen LogP contribution in [0.15, 0.2) is 42.5 Å². The van der Waals surface area contributed by atoms with Gasteiger partial charge in [-0.3, -0.25) is 4.79 Å². The van der Waals surface area contributed by atoms with Crippen LogP contribution in [-0.4, -0.2) is 13.0 Å². The van der Waals surface area contributed by atoms with E-state index in [1.807, 2.05) is 31.2 Å². The SMILES string of the molecule is COc1cc(N)ccc1C(=O)NCc1cccc(C)c1. The van der Waals surface area contributed by atoms with E-state index in [4.69, 9.17) is 10.5 Å². The van der Waals surface area contributed by atoms with Crippen LogP contribution in [0.5, 0.6) is 5.75 Å². The molecule has 4 nitrogen and oxygen atoms in total. The van der Waals surface area contributed by atoms with Gasteiger partial charge in [0.2, 0.25) is 0 Å². The third-order valence-corrected chi connectivity index (χ3v) is 3.01. The summed E-state index contributed by atoms with van der Waals surface area (Å²) in [5.74, 6) is 0.301. The molecule has 20 heavy (non-hydrogen) atoms. The Kier molecular flexibility index (Phi) is 4.25. The fourth-order valence-corrected chi connectivity index (χ4v) is 2.00. The van der Waals surface area contributed by atoms with Gasteiger partial charge in [0, 0.05) is 18.3 Å². The second-order valence-corrected chi connectivity index (χ2v) is 4.63. The van der Waals surface area contributed by atoms with Crippen LogP contribution in [0.4, 0.5) is 5.69 Å². The Morgan fingerprint density at radius 3 is 2.75 bits per heavy atom. The molecule has 0 aliphatic heterocycles. The molecule has 0 spiro atoms. The number of methoxy groups -OCH3 is 1. The van der Waals surface area contributed by atoms with E-state index in [2.05, 4.69) is 5.32 Å². The molecule has 2 aromatic rings. The molecule has 0 atom stereocenters. The number of ether oxygens (including phenoxy) is 1. The topological polar surface area (TPSA) is 64.3 Å². The van der Waals surface area contributed by atoms with Gasteiger partial charge in [-0.25, -0.2) is 0 Å². The van der Waals surface area contributed by atoms with Crippen molar-refractivity contribution in [2.45, 2.75) is 13.5 Å². The molecule has 3 N–H and O–H groups in total. The molecule has 0 saturated carbocycles. The van der Waals surface area contributed by atoms with E-state index in [-0.39, 0.29) is 5.91 Å². The fraction of sp³-hybridized carbons (Fsp3) is 0.188. The predicted molar refractivity (Wildman–Crippen MR) is 79.8 cm³/mol. The minimum absolute atomic E-state index is 0.177. The zero-order valence-electron chi connectivity index (χ0n) is 11.6. The van der Waals surface area contributed by atoms with E-state index in [1.165, 1.54) is 12.7 Å². The van der Waals surface area contributed by atoms with Gasteiger partial charge in [0.15, 0.2) is 0 Å². The first-order chi connectivity index (χ1) is 9.60. The van der Waals surface area contributed by atoms with Crippen molar-refractivity contribution < 1.29 is 9.53 Å². The maximum Gasteiger partial charge on any atom is 0.255 e. The summed E-state index contributed by atoms with van der Waals surface area (Å²) >= 11 is 0. The molecule has 2 aromatic carbocycles. The summed E-state index contributed by atoms with van der Waals surface area (Å²) < 4.78 is 5.18. The zero-order chi connectivity index (χ0) is 14.5. The standard InChI is InChI=1S/C16H18N2O2/c1-11-4-3-5-12(8-11)10-18-16(19)14-7-6-13(17)9-15(14)20-2/h3-9H,10,17H2,1-2H3,(H,18,19). The number of hydrogen-bond acceptors (Lipinski definition) is 3. The largest absolute Gasteiger partial charge is 0.496 e. The third kappa shape index (κ3) is 3.29. The highest BCUT2D eigenvalue weighted by Crippen LogP contribution is 2.21. The van der Waals surface area contributed by atoms with Gasteiger partial charge < -0.3 is 15.8 Å². The number of carbonyl (C=O) groups excluding carboxylic acids is 1. The van der Waals surface area contributed by atoms with E-state index in [1.54, 1.807) is 18.2 Å². The van der Waals surface area contributed by atoms with E-state index in [0.29, 0.717) is 23.5 Å². The minimum Gasteiger partial charge on any atom is -0.496 e. The summed E-state index contributed by atoms with van der Waals surface area (Å²) in [6.45, 7) is 2.50. The Morgan fingerprint density at radius 1 is 1.25 bits per heavy atom. The average Bonchev–Trinajstić information content (AvgIpc) is 2.44. The van der Waals surface area contributed by atoms with Crippen molar-refractivity contribution in [3.63, 3.8) is 0 Å². The Bertz CT molecular complexity index is 624. The molecule has 0 saturated heterocycles. The Morgan fingerprint density at radius 2 is 2.05 bits per heavy atom. The van der Waals surface area contributed by atoms with Crippen LogP contribution in [0.1, 0.15) is 21.5 Å². The molecule has 0 radical (unpaired) electrons. The van der Waals surface area contributed by atoms with Crippen LogP contribution in [0.2, 0.25) is 0 Å². The number of rotatable bonds is 4. The lowest BCUT2D eigenvalue weighted by Crippen LogP contribution is -2.23. The molecule has 0 bridgehead atoms. The van der Waals surface area contributed by atoms with Gasteiger partial charge in [-0.1, -0.05) is 29.8 Å². The summed E-state index contributed by atoms with van der Waals surface area (Å²) in [7, 11) is 1.52. The zero-order valence-corrected chi connectivity index (χ0v) is 11.6. The summed E-state index contributed by atoms with van der Waals surface area (Å²) in [6.07, 6.45) is 0. The Balaban J connectivity index is 2.09. The highest BCUT2D eigenvalue weighted by molar-refractivity contribution is 5.97. The third-order valence-electron chi connectivity index (χ3n) is 3.01. The van der Waals surface area contributed by atoms with Crippen LogP contribution in [0, 0.1) is 6.92 Å². The van der Waals surface area contributed by atoms with Gasteiger partial charge in [-0.15, -0.1) is 0 Å². The first-order valence-corrected chi connectivity index (χ1v) is 6.37. The van der Waals surface area contributed by atoms with Crippen molar-refractivity contribution in [3.05, 3.63) is 59.2 Å². The average molecular weight is 270 g/mol. The van der Waals surface area contributed by atoms with Gasteiger partial charge in [-0.05, 0) is 24.6 Å². The summed E-state index contributed by atoms with van der Waals surface area (Å²) in [5, 5.41) is 2.88. The van der Waals surface area contributed by atoms with E-state index < -0.39 is 0 Å². The summed E-state index contributed by atoms with van der Waals surface area (Å²) in [4.78, 5) is 12.2. The molecule has 2 rings (SSSR count). The number of hydrogen-bond donors (Lipinski definition) is 2. The number of anilines is 1. The van der Waals surface area contributed by atoms with Crippen LogP contribution in [0.25, 0.3) is 0 Å². The van der Waals surface area contributed by atoms with Gasteiger partial charge >= 0.3 is 0 Å². The molecule has 0 aromatic heterocycles. The Hall–Kier alpha value is -2.49. The number of nitrogen functional groups attached to an aromatic ring is 1. The molecule has 0 fully saturated rings. The number of aryl methyl sites for hydroxylation is 1. The van der Waals surface area contributed by atoms with Crippen LogP contribution >= 0.6 is 0 Å². The molecule has 0 heterocycles. The number of nitrogens with two attached hydrogens (primary N) is 1. The summed E-state index contributed by atoms with van der Waals surface area (Å²) in [5.41, 5.74) is 8.95. The van der Waals surface area contributed by atoms with Crippen LogP contribution in [-0.2, 0) is 6.54 Å². The minimum atomic E-state index is -0.177. The molecule has 4 heteroatoms. The maximum atomic E-state index is 12.2. The first-order valence-electron chi connectivity index (χ1n) is 6.37. The lowest BCUT2D eigenvalue weighted by Gasteiger charge is -2.10. The van der Waals surface area contributed by atoms with Crippen LogP contribution in [0.3, 0.4) is 0 Å². The molecule has 0 aliphatic rings. The molecule has 0 unspecified atom stereocenters. The molecule has 0 aliphatic carbocycles.